The number of benzene rings is 3. The van der Waals surface area contributed by atoms with E-state index >= 15 is 0 Å². The average molecular weight is 576 g/mol. The van der Waals surface area contributed by atoms with Crippen LogP contribution in [-0.4, -0.2) is 23.3 Å². The van der Waals surface area contributed by atoms with E-state index in [0.717, 1.165) is 34.7 Å². The van der Waals surface area contributed by atoms with Crippen molar-refractivity contribution in [2.24, 2.45) is 5.92 Å². The zero-order valence-electron chi connectivity index (χ0n) is 22.4. The maximum atomic E-state index is 12.8. The average Bonchev–Trinajstić information content (AvgIpc) is 3.56. The first-order chi connectivity index (χ1) is 20.5. The predicted molar refractivity (Wildman–Crippen MR) is 162 cm³/mol. The van der Waals surface area contributed by atoms with Crippen molar-refractivity contribution in [3.8, 4) is 10.4 Å². The van der Waals surface area contributed by atoms with Crippen LogP contribution in [0, 0.1) is 5.92 Å². The number of ketones is 1. The van der Waals surface area contributed by atoms with Crippen LogP contribution in [0.2, 0.25) is 0 Å². The molecule has 0 aliphatic heterocycles. The molecular weight excluding hydrogens is 550 g/mol. The number of nitrogens with one attached hydrogen (secondary N) is 2. The molecule has 8 nitrogen and oxygen atoms in total. The lowest BCUT2D eigenvalue weighted by molar-refractivity contribution is 0.101. The zero-order chi connectivity index (χ0) is 28.6. The fraction of sp³-hybridized carbons (Fsp3) is 0.152. The van der Waals surface area contributed by atoms with Crippen LogP contribution in [0.3, 0.4) is 0 Å². The summed E-state index contributed by atoms with van der Waals surface area (Å²) >= 11 is 1.22. The standard InChI is InChI=1S/C33H25N3O5S/c37-30(22-4-2-1-3-5-22)28-16-24-14-21(8-10-26(24)40-28)12-20-9-11-27-23(13-20)15-25(31(38)41-27)29-18-35-33(42-29)36-32(39)34-17-19-6-7-19/h1-5,8-11,13-16,18-19H,6-7,12,17H2,(H2,34,35,36,39). The third-order valence-corrected chi connectivity index (χ3v) is 8.23. The summed E-state index contributed by atoms with van der Waals surface area (Å²) in [6.07, 6.45) is 4.51. The molecule has 3 aromatic carbocycles. The maximum Gasteiger partial charge on any atom is 0.345 e. The second-order valence-corrected chi connectivity index (χ2v) is 11.5. The Bertz CT molecular complexity index is 2020. The van der Waals surface area contributed by atoms with Crippen molar-refractivity contribution in [3.05, 3.63) is 118 Å². The summed E-state index contributed by atoms with van der Waals surface area (Å²) in [4.78, 5) is 42.6. The van der Waals surface area contributed by atoms with Gasteiger partial charge in [0, 0.05) is 29.1 Å². The summed E-state index contributed by atoms with van der Waals surface area (Å²) in [7, 11) is 0. The minimum absolute atomic E-state index is 0.152. The molecule has 0 atom stereocenters. The molecule has 1 aliphatic carbocycles. The van der Waals surface area contributed by atoms with Crippen LogP contribution in [-0.2, 0) is 6.42 Å². The largest absolute Gasteiger partial charge is 0.453 e. The Morgan fingerprint density at radius 2 is 1.60 bits per heavy atom. The SMILES string of the molecule is O=C(NCC1CC1)Nc1ncc(-c2cc3cc(Cc4ccc5oc(C(=O)c6ccccc6)cc5c4)ccc3oc2=O)s1. The van der Waals surface area contributed by atoms with Crippen molar-refractivity contribution in [1.82, 2.24) is 10.3 Å². The highest BCUT2D eigenvalue weighted by Crippen LogP contribution is 2.30. The van der Waals surface area contributed by atoms with Crippen molar-refractivity contribution in [2.45, 2.75) is 19.3 Å². The number of anilines is 1. The van der Waals surface area contributed by atoms with Crippen molar-refractivity contribution in [1.29, 1.82) is 0 Å². The van der Waals surface area contributed by atoms with Gasteiger partial charge in [-0.3, -0.25) is 10.1 Å². The third kappa shape index (κ3) is 5.46. The lowest BCUT2D eigenvalue weighted by Gasteiger charge is -2.05. The van der Waals surface area contributed by atoms with Crippen LogP contribution in [0.25, 0.3) is 32.4 Å². The Balaban J connectivity index is 1.10. The number of rotatable bonds is 8. The molecule has 0 saturated heterocycles. The Morgan fingerprint density at radius 1 is 0.881 bits per heavy atom. The molecular formula is C33H25N3O5S. The molecule has 3 heterocycles. The van der Waals surface area contributed by atoms with Gasteiger partial charge in [0.25, 0.3) is 0 Å². The van der Waals surface area contributed by atoms with Gasteiger partial charge in [-0.2, -0.15) is 0 Å². The molecule has 3 aromatic heterocycles. The smallest absolute Gasteiger partial charge is 0.345 e. The minimum atomic E-state index is -0.463. The van der Waals surface area contributed by atoms with Gasteiger partial charge >= 0.3 is 11.7 Å². The molecule has 9 heteroatoms. The minimum Gasteiger partial charge on any atom is -0.453 e. The van der Waals surface area contributed by atoms with E-state index in [1.54, 1.807) is 36.5 Å². The van der Waals surface area contributed by atoms with E-state index in [2.05, 4.69) is 15.6 Å². The van der Waals surface area contributed by atoms with Gasteiger partial charge in [-0.15, -0.1) is 0 Å². The molecule has 7 rings (SSSR count). The van der Waals surface area contributed by atoms with Gasteiger partial charge in [0.2, 0.25) is 5.78 Å². The highest BCUT2D eigenvalue weighted by Gasteiger charge is 2.22. The number of nitrogens with zero attached hydrogens (tertiary/aromatic N) is 1. The topological polar surface area (TPSA) is 114 Å². The molecule has 0 spiro atoms. The van der Waals surface area contributed by atoms with Crippen LogP contribution in [0.15, 0.2) is 98.7 Å². The predicted octanol–water partition coefficient (Wildman–Crippen LogP) is 7.02. The van der Waals surface area contributed by atoms with Crippen molar-refractivity contribution in [3.63, 3.8) is 0 Å². The third-order valence-electron chi connectivity index (χ3n) is 7.29. The van der Waals surface area contributed by atoms with E-state index < -0.39 is 5.63 Å². The molecule has 2 N–H and O–H groups in total. The Hall–Kier alpha value is -5.02. The molecule has 1 saturated carbocycles. The summed E-state index contributed by atoms with van der Waals surface area (Å²) in [6.45, 7) is 0.658. The molecule has 208 valence electrons. The number of aromatic nitrogens is 1. The number of furan rings is 1. The normalized spacial score (nSPS) is 13.0. The molecule has 1 aliphatic rings. The van der Waals surface area contributed by atoms with Crippen molar-refractivity contribution < 1.29 is 18.4 Å². The second kappa shape index (κ2) is 10.8. The maximum absolute atomic E-state index is 12.8. The van der Waals surface area contributed by atoms with Crippen molar-refractivity contribution in [2.75, 3.05) is 11.9 Å². The number of urea groups is 1. The number of hydrogen-bond acceptors (Lipinski definition) is 7. The monoisotopic (exact) mass is 575 g/mol. The molecule has 1 fully saturated rings. The number of amides is 2. The van der Waals surface area contributed by atoms with E-state index in [1.165, 1.54) is 11.3 Å². The molecule has 0 bridgehead atoms. The van der Waals surface area contributed by atoms with Crippen LogP contribution < -0.4 is 16.3 Å². The second-order valence-electron chi connectivity index (χ2n) is 10.5. The van der Waals surface area contributed by atoms with Gasteiger partial charge in [0.15, 0.2) is 10.9 Å². The zero-order valence-corrected chi connectivity index (χ0v) is 23.2. The number of carbonyl (C=O) groups excluding carboxylic acids is 2. The van der Waals surface area contributed by atoms with Crippen LogP contribution in [0.4, 0.5) is 9.93 Å². The van der Waals surface area contributed by atoms with E-state index in [-0.39, 0.29) is 11.8 Å². The molecule has 6 aromatic rings. The van der Waals surface area contributed by atoms with Gasteiger partial charge in [-0.25, -0.2) is 14.6 Å². The van der Waals surface area contributed by atoms with E-state index in [1.807, 2.05) is 48.5 Å². The number of fused-ring (bicyclic) bond motifs is 2. The highest BCUT2D eigenvalue weighted by atomic mass is 32.1. The van der Waals surface area contributed by atoms with E-state index in [4.69, 9.17) is 8.83 Å². The Labute approximate surface area is 244 Å². The first kappa shape index (κ1) is 25.9. The van der Waals surface area contributed by atoms with E-state index in [9.17, 15) is 14.4 Å². The summed E-state index contributed by atoms with van der Waals surface area (Å²) in [5, 5.41) is 7.63. The quantitative estimate of drug-likeness (QED) is 0.149. The van der Waals surface area contributed by atoms with Gasteiger partial charge in [0.1, 0.15) is 11.2 Å². The van der Waals surface area contributed by atoms with Crippen LogP contribution in [0.5, 0.6) is 0 Å². The Kier molecular flexibility index (Phi) is 6.64. The number of hydrogen-bond donors (Lipinski definition) is 2. The summed E-state index contributed by atoms with van der Waals surface area (Å²) in [6, 6.07) is 24.0. The number of carbonyl (C=O) groups is 2. The van der Waals surface area contributed by atoms with Gasteiger partial charge in [0.05, 0.1) is 10.4 Å². The summed E-state index contributed by atoms with van der Waals surface area (Å²) in [5.74, 6) is 0.731. The Morgan fingerprint density at radius 3 is 2.33 bits per heavy atom. The lowest BCUT2D eigenvalue weighted by Crippen LogP contribution is -2.30. The fourth-order valence-electron chi connectivity index (χ4n) is 4.89. The first-order valence-corrected chi connectivity index (χ1v) is 14.5. The van der Waals surface area contributed by atoms with Gasteiger partial charge in [-0.05, 0) is 72.7 Å². The van der Waals surface area contributed by atoms with Gasteiger partial charge < -0.3 is 14.2 Å². The molecule has 2 amide bonds. The van der Waals surface area contributed by atoms with Crippen molar-refractivity contribution >= 4 is 50.2 Å². The highest BCUT2D eigenvalue weighted by molar-refractivity contribution is 7.19. The summed E-state index contributed by atoms with van der Waals surface area (Å²) < 4.78 is 11.5. The van der Waals surface area contributed by atoms with Crippen LogP contribution >= 0.6 is 11.3 Å². The molecule has 0 radical (unpaired) electrons. The molecule has 0 unspecified atom stereocenters. The summed E-state index contributed by atoms with van der Waals surface area (Å²) in [5.41, 5.74) is 3.74. The van der Waals surface area contributed by atoms with Gasteiger partial charge in [-0.1, -0.05) is 53.8 Å². The fourth-order valence-corrected chi connectivity index (χ4v) is 5.71. The number of thiazole rings is 1. The van der Waals surface area contributed by atoms with E-state index in [0.29, 0.717) is 56.9 Å². The first-order valence-electron chi connectivity index (χ1n) is 13.7. The van der Waals surface area contributed by atoms with Crippen LogP contribution in [0.1, 0.15) is 40.1 Å². The molecule has 42 heavy (non-hydrogen) atoms. The lowest BCUT2D eigenvalue weighted by atomic mass is 10.0.